The Morgan fingerprint density at radius 2 is 1.79 bits per heavy atom. The number of rotatable bonds is 6. The van der Waals surface area contributed by atoms with Gasteiger partial charge in [-0.3, -0.25) is 4.79 Å². The van der Waals surface area contributed by atoms with Crippen LogP contribution < -0.4 is 4.74 Å². The third-order valence-electron chi connectivity index (χ3n) is 5.19. The molecule has 0 aliphatic carbocycles. The molecule has 152 valence electrons. The van der Waals surface area contributed by atoms with E-state index in [1.807, 2.05) is 66.4 Å². The maximum Gasteiger partial charge on any atom is 0.339 e. The van der Waals surface area contributed by atoms with Crippen LogP contribution in [0.3, 0.4) is 0 Å². The summed E-state index contributed by atoms with van der Waals surface area (Å²) in [6.07, 6.45) is 4.85. The van der Waals surface area contributed by atoms with Crippen molar-refractivity contribution < 1.29 is 19.1 Å². The molecule has 29 heavy (non-hydrogen) atoms. The van der Waals surface area contributed by atoms with Crippen molar-refractivity contribution in [3.8, 4) is 5.75 Å². The number of likely N-dealkylation sites (tertiary alicyclic amines) is 1. The molecule has 1 unspecified atom stereocenters. The molecule has 5 nitrogen and oxygen atoms in total. The van der Waals surface area contributed by atoms with Gasteiger partial charge in [0.15, 0.2) is 6.61 Å². The van der Waals surface area contributed by atoms with Crippen molar-refractivity contribution in [1.82, 2.24) is 4.90 Å². The molecule has 5 heteroatoms. The largest absolute Gasteiger partial charge is 0.496 e. The Morgan fingerprint density at radius 1 is 1.07 bits per heavy atom. The highest BCUT2D eigenvalue weighted by molar-refractivity contribution is 6.22. The van der Waals surface area contributed by atoms with Crippen LogP contribution in [0.25, 0.3) is 11.6 Å². The van der Waals surface area contributed by atoms with Gasteiger partial charge < -0.3 is 14.4 Å². The molecule has 1 saturated heterocycles. The predicted molar refractivity (Wildman–Crippen MR) is 113 cm³/mol. The Morgan fingerprint density at radius 3 is 2.52 bits per heavy atom. The standard InChI is InChI=1S/C24H27NO4/c1-18-10-8-9-15-25(18)23(26)17-29-24(27)21(19-11-4-3-5-12-19)16-20-13-6-7-14-22(20)28-2/h3-7,11-14,16,18H,8-10,15,17H2,1-2H3/b21-16+. The topological polar surface area (TPSA) is 55.8 Å². The van der Waals surface area contributed by atoms with Gasteiger partial charge in [-0.25, -0.2) is 4.79 Å². The van der Waals surface area contributed by atoms with E-state index in [-0.39, 0.29) is 18.6 Å². The molecule has 1 fully saturated rings. The fourth-order valence-electron chi connectivity index (χ4n) is 3.58. The van der Waals surface area contributed by atoms with Gasteiger partial charge in [0, 0.05) is 18.2 Å². The molecule has 0 spiro atoms. The molecule has 1 amide bonds. The molecule has 0 radical (unpaired) electrons. The molecular weight excluding hydrogens is 366 g/mol. The first-order valence-corrected chi connectivity index (χ1v) is 9.97. The molecule has 0 aromatic heterocycles. The minimum absolute atomic E-state index is 0.143. The molecule has 2 aromatic rings. The van der Waals surface area contributed by atoms with Gasteiger partial charge in [0.05, 0.1) is 12.7 Å². The smallest absolute Gasteiger partial charge is 0.339 e. The number of amides is 1. The van der Waals surface area contributed by atoms with Crippen LogP contribution >= 0.6 is 0 Å². The fraction of sp³-hybridized carbons (Fsp3) is 0.333. The van der Waals surface area contributed by atoms with E-state index in [9.17, 15) is 9.59 Å². The third-order valence-corrected chi connectivity index (χ3v) is 5.19. The minimum Gasteiger partial charge on any atom is -0.496 e. The number of para-hydroxylation sites is 1. The number of methoxy groups -OCH3 is 1. The van der Waals surface area contributed by atoms with E-state index in [0.717, 1.165) is 36.9 Å². The molecule has 1 heterocycles. The van der Waals surface area contributed by atoms with E-state index < -0.39 is 5.97 Å². The molecule has 1 aliphatic heterocycles. The normalized spacial score (nSPS) is 17.0. The minimum atomic E-state index is -0.528. The van der Waals surface area contributed by atoms with Gasteiger partial charge in [-0.2, -0.15) is 0 Å². The molecule has 2 aromatic carbocycles. The van der Waals surface area contributed by atoms with Gasteiger partial charge in [0.2, 0.25) is 0 Å². The Labute approximate surface area is 171 Å². The molecule has 0 bridgehead atoms. The number of nitrogens with zero attached hydrogens (tertiary/aromatic N) is 1. The summed E-state index contributed by atoms with van der Waals surface area (Å²) in [5, 5.41) is 0. The van der Waals surface area contributed by atoms with Crippen LogP contribution in [0.2, 0.25) is 0 Å². The maximum absolute atomic E-state index is 12.9. The number of carbonyl (C=O) groups excluding carboxylic acids is 2. The number of hydrogen-bond donors (Lipinski definition) is 0. The number of piperidine rings is 1. The van der Waals surface area contributed by atoms with Crippen LogP contribution in [-0.2, 0) is 14.3 Å². The number of carbonyl (C=O) groups is 2. The number of esters is 1. The summed E-state index contributed by atoms with van der Waals surface area (Å²) >= 11 is 0. The SMILES string of the molecule is COc1ccccc1/C=C(/C(=O)OCC(=O)N1CCCCC1C)c1ccccc1. The van der Waals surface area contributed by atoms with Gasteiger partial charge in [0.1, 0.15) is 5.75 Å². The Hall–Kier alpha value is -3.08. The van der Waals surface area contributed by atoms with E-state index in [0.29, 0.717) is 11.3 Å². The van der Waals surface area contributed by atoms with E-state index in [1.165, 1.54) is 0 Å². The van der Waals surface area contributed by atoms with Crippen molar-refractivity contribution in [3.05, 3.63) is 65.7 Å². The second-order valence-corrected chi connectivity index (χ2v) is 7.17. The molecule has 0 saturated carbocycles. The highest BCUT2D eigenvalue weighted by atomic mass is 16.5. The van der Waals surface area contributed by atoms with Gasteiger partial charge >= 0.3 is 5.97 Å². The van der Waals surface area contributed by atoms with E-state index in [1.54, 1.807) is 13.2 Å². The molecule has 1 atom stereocenters. The molecule has 3 rings (SSSR count). The summed E-state index contributed by atoms with van der Waals surface area (Å²) < 4.78 is 10.8. The van der Waals surface area contributed by atoms with Crippen LogP contribution in [0.4, 0.5) is 0 Å². The van der Waals surface area contributed by atoms with Crippen LogP contribution in [0, 0.1) is 0 Å². The Balaban J connectivity index is 1.80. The number of hydrogen-bond acceptors (Lipinski definition) is 4. The van der Waals surface area contributed by atoms with Crippen LogP contribution in [0.1, 0.15) is 37.3 Å². The van der Waals surface area contributed by atoms with Crippen LogP contribution in [-0.4, -0.2) is 43.1 Å². The van der Waals surface area contributed by atoms with E-state index in [2.05, 4.69) is 0 Å². The van der Waals surface area contributed by atoms with Crippen molar-refractivity contribution in [1.29, 1.82) is 0 Å². The zero-order valence-electron chi connectivity index (χ0n) is 17.0. The highest BCUT2D eigenvalue weighted by Crippen LogP contribution is 2.25. The summed E-state index contributed by atoms with van der Waals surface area (Å²) in [6, 6.07) is 16.9. The van der Waals surface area contributed by atoms with Crippen molar-refractivity contribution in [2.75, 3.05) is 20.3 Å². The molecule has 1 aliphatic rings. The Kier molecular flexibility index (Phi) is 7.06. The first-order chi connectivity index (χ1) is 14.1. The van der Waals surface area contributed by atoms with Crippen molar-refractivity contribution in [2.24, 2.45) is 0 Å². The lowest BCUT2D eigenvalue weighted by atomic mass is 10.0. The Bertz CT molecular complexity index is 875. The third kappa shape index (κ3) is 5.25. The maximum atomic E-state index is 12.9. The fourth-order valence-corrected chi connectivity index (χ4v) is 3.58. The number of ether oxygens (including phenoxy) is 2. The zero-order valence-corrected chi connectivity index (χ0v) is 17.0. The van der Waals surface area contributed by atoms with E-state index >= 15 is 0 Å². The van der Waals surface area contributed by atoms with Crippen LogP contribution in [0.15, 0.2) is 54.6 Å². The summed E-state index contributed by atoms with van der Waals surface area (Å²) in [7, 11) is 1.59. The second kappa shape index (κ2) is 9.92. The first kappa shape index (κ1) is 20.6. The molecular formula is C24H27NO4. The van der Waals surface area contributed by atoms with Crippen LogP contribution in [0.5, 0.6) is 5.75 Å². The van der Waals surface area contributed by atoms with Gasteiger partial charge in [-0.1, -0.05) is 48.5 Å². The van der Waals surface area contributed by atoms with Gasteiger partial charge in [-0.15, -0.1) is 0 Å². The summed E-state index contributed by atoms with van der Waals surface area (Å²) in [4.78, 5) is 27.3. The average molecular weight is 393 g/mol. The monoisotopic (exact) mass is 393 g/mol. The summed E-state index contributed by atoms with van der Waals surface area (Å²) in [5.74, 6) is -0.0117. The molecule has 0 N–H and O–H groups in total. The van der Waals surface area contributed by atoms with Gasteiger partial charge in [0.25, 0.3) is 5.91 Å². The zero-order chi connectivity index (χ0) is 20.6. The number of benzene rings is 2. The van der Waals surface area contributed by atoms with Crippen molar-refractivity contribution in [3.63, 3.8) is 0 Å². The average Bonchev–Trinajstić information content (AvgIpc) is 2.76. The first-order valence-electron chi connectivity index (χ1n) is 9.97. The van der Waals surface area contributed by atoms with E-state index in [4.69, 9.17) is 9.47 Å². The lowest BCUT2D eigenvalue weighted by Crippen LogP contribution is -2.44. The quantitative estimate of drug-likeness (QED) is 0.420. The van der Waals surface area contributed by atoms with Crippen molar-refractivity contribution in [2.45, 2.75) is 32.2 Å². The predicted octanol–water partition coefficient (Wildman–Crippen LogP) is 4.18. The second-order valence-electron chi connectivity index (χ2n) is 7.17. The summed E-state index contributed by atoms with van der Waals surface area (Å²) in [5.41, 5.74) is 1.87. The van der Waals surface area contributed by atoms with Crippen molar-refractivity contribution >= 4 is 23.5 Å². The highest BCUT2D eigenvalue weighted by Gasteiger charge is 2.24. The lowest BCUT2D eigenvalue weighted by Gasteiger charge is -2.33. The summed E-state index contributed by atoms with van der Waals surface area (Å²) in [6.45, 7) is 2.51. The van der Waals surface area contributed by atoms with Gasteiger partial charge in [-0.05, 0) is 43.9 Å². The lowest BCUT2D eigenvalue weighted by molar-refractivity contribution is -0.149.